The molecule has 0 atom stereocenters. The molecular formula is C15H18IN3. The first kappa shape index (κ1) is 14.2. The van der Waals surface area contributed by atoms with Gasteiger partial charge in [-0.2, -0.15) is 0 Å². The van der Waals surface area contributed by atoms with Crippen LogP contribution in [0.25, 0.3) is 0 Å². The van der Waals surface area contributed by atoms with Gasteiger partial charge in [-0.05, 0) is 41.5 Å². The Labute approximate surface area is 127 Å². The molecule has 0 amide bonds. The van der Waals surface area contributed by atoms with Crippen molar-refractivity contribution in [3.8, 4) is 0 Å². The Morgan fingerprint density at radius 2 is 2.05 bits per heavy atom. The van der Waals surface area contributed by atoms with Gasteiger partial charge in [-0.15, -0.1) is 0 Å². The third-order valence-corrected chi connectivity index (χ3v) is 4.10. The van der Waals surface area contributed by atoms with Gasteiger partial charge < -0.3 is 5.73 Å². The Kier molecular flexibility index (Phi) is 4.74. The highest BCUT2D eigenvalue weighted by molar-refractivity contribution is 14.1. The van der Waals surface area contributed by atoms with E-state index < -0.39 is 0 Å². The number of anilines is 1. The van der Waals surface area contributed by atoms with Gasteiger partial charge in [0.05, 0.1) is 9.26 Å². The molecule has 0 aliphatic heterocycles. The van der Waals surface area contributed by atoms with Crippen LogP contribution in [-0.4, -0.2) is 9.97 Å². The van der Waals surface area contributed by atoms with Crippen LogP contribution < -0.4 is 5.73 Å². The van der Waals surface area contributed by atoms with Gasteiger partial charge in [0.15, 0.2) is 0 Å². The summed E-state index contributed by atoms with van der Waals surface area (Å²) in [4.78, 5) is 9.05. The molecule has 0 unspecified atom stereocenters. The first-order valence-corrected chi connectivity index (χ1v) is 7.54. The third-order valence-electron chi connectivity index (χ3n) is 2.92. The summed E-state index contributed by atoms with van der Waals surface area (Å²) in [6, 6.07) is 8.42. The maximum atomic E-state index is 5.98. The fourth-order valence-electron chi connectivity index (χ4n) is 2.05. The van der Waals surface area contributed by atoms with Crippen molar-refractivity contribution in [2.24, 2.45) is 0 Å². The number of hydrogen-bond donors (Lipinski definition) is 1. The quantitative estimate of drug-likeness (QED) is 0.842. The zero-order valence-corrected chi connectivity index (χ0v) is 13.4. The molecule has 0 saturated carbocycles. The highest BCUT2D eigenvalue weighted by Gasteiger charge is 2.09. The molecule has 4 heteroatoms. The summed E-state index contributed by atoms with van der Waals surface area (Å²) in [7, 11) is 0. The average Bonchev–Trinajstić information content (AvgIpc) is 2.35. The van der Waals surface area contributed by atoms with E-state index in [-0.39, 0.29) is 0 Å². The van der Waals surface area contributed by atoms with Gasteiger partial charge >= 0.3 is 0 Å². The van der Waals surface area contributed by atoms with Gasteiger partial charge in [-0.1, -0.05) is 43.2 Å². The van der Waals surface area contributed by atoms with Crippen LogP contribution in [0.1, 0.15) is 36.0 Å². The highest BCUT2D eigenvalue weighted by atomic mass is 127. The van der Waals surface area contributed by atoms with Crippen LogP contribution in [0.3, 0.4) is 0 Å². The van der Waals surface area contributed by atoms with Gasteiger partial charge in [-0.25, -0.2) is 9.97 Å². The summed E-state index contributed by atoms with van der Waals surface area (Å²) in [6.07, 6.45) is 2.75. The van der Waals surface area contributed by atoms with E-state index in [4.69, 9.17) is 5.73 Å². The summed E-state index contributed by atoms with van der Waals surface area (Å²) >= 11 is 2.23. The maximum Gasteiger partial charge on any atom is 0.140 e. The normalized spacial score (nSPS) is 10.7. The second-order valence-corrected chi connectivity index (χ2v) is 5.78. The van der Waals surface area contributed by atoms with Crippen molar-refractivity contribution in [2.45, 2.75) is 33.1 Å². The van der Waals surface area contributed by atoms with Crippen LogP contribution in [-0.2, 0) is 12.8 Å². The summed E-state index contributed by atoms with van der Waals surface area (Å²) < 4.78 is 0.993. The van der Waals surface area contributed by atoms with Crippen molar-refractivity contribution in [1.82, 2.24) is 9.97 Å². The number of nitrogen functional groups attached to an aromatic ring is 1. The van der Waals surface area contributed by atoms with Crippen molar-refractivity contribution in [2.75, 3.05) is 5.73 Å². The van der Waals surface area contributed by atoms with E-state index >= 15 is 0 Å². The molecule has 0 radical (unpaired) electrons. The summed E-state index contributed by atoms with van der Waals surface area (Å²) in [5, 5.41) is 0. The molecule has 0 aliphatic carbocycles. The Morgan fingerprint density at radius 3 is 2.74 bits per heavy atom. The molecule has 1 heterocycles. The van der Waals surface area contributed by atoms with Gasteiger partial charge in [0.2, 0.25) is 0 Å². The van der Waals surface area contributed by atoms with Crippen molar-refractivity contribution < 1.29 is 0 Å². The monoisotopic (exact) mass is 367 g/mol. The van der Waals surface area contributed by atoms with Gasteiger partial charge in [0.25, 0.3) is 0 Å². The van der Waals surface area contributed by atoms with Crippen LogP contribution in [0, 0.1) is 10.5 Å². The number of rotatable bonds is 4. The maximum absolute atomic E-state index is 5.98. The molecular weight excluding hydrogens is 349 g/mol. The summed E-state index contributed by atoms with van der Waals surface area (Å²) in [5.41, 5.74) is 9.52. The van der Waals surface area contributed by atoms with Crippen molar-refractivity contribution in [3.05, 3.63) is 50.5 Å². The molecule has 100 valence electrons. The van der Waals surface area contributed by atoms with Crippen LogP contribution in [0.4, 0.5) is 5.82 Å². The Balaban J connectivity index is 2.30. The van der Waals surface area contributed by atoms with E-state index in [0.29, 0.717) is 5.82 Å². The van der Waals surface area contributed by atoms with Gasteiger partial charge in [-0.3, -0.25) is 0 Å². The standard InChI is InChI=1S/C15H18IN3/c1-3-5-12-14(16)15(17)19-13(18-12)9-11-7-4-6-10(2)8-11/h4,6-8H,3,5,9H2,1-2H3,(H2,17,18,19). The fourth-order valence-corrected chi connectivity index (χ4v) is 2.56. The predicted molar refractivity (Wildman–Crippen MR) is 87.1 cm³/mol. The van der Waals surface area contributed by atoms with Gasteiger partial charge in [0, 0.05) is 6.42 Å². The van der Waals surface area contributed by atoms with E-state index in [9.17, 15) is 0 Å². The van der Waals surface area contributed by atoms with E-state index in [1.165, 1.54) is 11.1 Å². The Morgan fingerprint density at radius 1 is 1.26 bits per heavy atom. The number of nitrogens with two attached hydrogens (primary N) is 1. The largest absolute Gasteiger partial charge is 0.383 e. The lowest BCUT2D eigenvalue weighted by molar-refractivity contribution is 0.836. The highest BCUT2D eigenvalue weighted by Crippen LogP contribution is 2.19. The number of halogens is 1. The number of benzene rings is 1. The fraction of sp³-hybridized carbons (Fsp3) is 0.333. The zero-order chi connectivity index (χ0) is 13.8. The Hall–Kier alpha value is -1.17. The molecule has 2 N–H and O–H groups in total. The van der Waals surface area contributed by atoms with Crippen LogP contribution >= 0.6 is 22.6 Å². The summed E-state index contributed by atoms with van der Waals surface area (Å²) in [5.74, 6) is 1.41. The molecule has 0 saturated heterocycles. The zero-order valence-electron chi connectivity index (χ0n) is 11.3. The molecule has 0 bridgehead atoms. The lowest BCUT2D eigenvalue weighted by Crippen LogP contribution is -2.08. The second-order valence-electron chi connectivity index (χ2n) is 4.70. The minimum Gasteiger partial charge on any atom is -0.383 e. The number of hydrogen-bond acceptors (Lipinski definition) is 3. The molecule has 2 aromatic rings. The molecule has 3 nitrogen and oxygen atoms in total. The van der Waals surface area contributed by atoms with Crippen molar-refractivity contribution >= 4 is 28.4 Å². The van der Waals surface area contributed by atoms with Crippen molar-refractivity contribution in [3.63, 3.8) is 0 Å². The molecule has 2 rings (SSSR count). The first-order chi connectivity index (χ1) is 9.10. The van der Waals surface area contributed by atoms with E-state index in [2.05, 4.69) is 70.7 Å². The van der Waals surface area contributed by atoms with E-state index in [0.717, 1.165) is 34.4 Å². The lowest BCUT2D eigenvalue weighted by Gasteiger charge is -2.08. The minimum atomic E-state index is 0.599. The lowest BCUT2D eigenvalue weighted by atomic mass is 10.1. The predicted octanol–water partition coefficient (Wildman–Crippen LogP) is 3.52. The average molecular weight is 367 g/mol. The third kappa shape index (κ3) is 3.65. The van der Waals surface area contributed by atoms with Crippen LogP contribution in [0.15, 0.2) is 24.3 Å². The topological polar surface area (TPSA) is 51.8 Å². The van der Waals surface area contributed by atoms with Crippen LogP contribution in [0.2, 0.25) is 0 Å². The number of aryl methyl sites for hydroxylation is 2. The Bertz CT molecular complexity index is 582. The van der Waals surface area contributed by atoms with E-state index in [1.807, 2.05) is 0 Å². The first-order valence-electron chi connectivity index (χ1n) is 6.46. The smallest absolute Gasteiger partial charge is 0.140 e. The second kappa shape index (κ2) is 6.32. The number of nitrogens with zero attached hydrogens (tertiary/aromatic N) is 2. The molecule has 1 aromatic carbocycles. The molecule has 0 spiro atoms. The van der Waals surface area contributed by atoms with Crippen molar-refractivity contribution in [1.29, 1.82) is 0 Å². The van der Waals surface area contributed by atoms with Gasteiger partial charge in [0.1, 0.15) is 11.6 Å². The SMILES string of the molecule is CCCc1nc(Cc2cccc(C)c2)nc(N)c1I. The van der Waals surface area contributed by atoms with E-state index in [1.54, 1.807) is 0 Å². The number of aromatic nitrogens is 2. The van der Waals surface area contributed by atoms with Crippen LogP contribution in [0.5, 0.6) is 0 Å². The molecule has 0 aliphatic rings. The molecule has 19 heavy (non-hydrogen) atoms. The minimum absolute atomic E-state index is 0.599. The molecule has 1 aromatic heterocycles. The molecule has 0 fully saturated rings. The summed E-state index contributed by atoms with van der Waals surface area (Å²) in [6.45, 7) is 4.24.